The Morgan fingerprint density at radius 1 is 1.02 bits per heavy atom. The van der Waals surface area contributed by atoms with Crippen molar-refractivity contribution in [1.82, 2.24) is 30.8 Å². The van der Waals surface area contributed by atoms with Crippen molar-refractivity contribution in [3.63, 3.8) is 0 Å². The third kappa shape index (κ3) is 7.00. The molecule has 5 atom stereocenters. The molecular formula is C36H39N7O6S. The molecule has 4 aliphatic rings. The lowest BCUT2D eigenvalue weighted by atomic mass is 9.96. The van der Waals surface area contributed by atoms with E-state index in [0.717, 1.165) is 43.4 Å². The molecule has 1 saturated heterocycles. The van der Waals surface area contributed by atoms with Gasteiger partial charge >= 0.3 is 6.09 Å². The maximum atomic E-state index is 14.4. The SMILES string of the molecule is N#CNC(=O)[C@@]12CC1/C=C/CCCCC[C@@H](NC(=O)OC1CCC1)C(=O)N1C[C@H](Oc3nc4ccccc4nc3-c3cccs3)C[C@H]1C(=O)N2. The van der Waals surface area contributed by atoms with E-state index in [4.69, 9.17) is 19.4 Å². The van der Waals surface area contributed by atoms with Crippen LogP contribution < -0.4 is 20.7 Å². The van der Waals surface area contributed by atoms with Crippen molar-refractivity contribution >= 4 is 46.2 Å². The predicted molar refractivity (Wildman–Crippen MR) is 183 cm³/mol. The summed E-state index contributed by atoms with van der Waals surface area (Å²) in [6, 6.07) is 9.36. The molecule has 2 aliphatic carbocycles. The van der Waals surface area contributed by atoms with Gasteiger partial charge in [-0.05, 0) is 68.5 Å². The minimum Gasteiger partial charge on any atom is -0.471 e. The molecule has 1 unspecified atom stereocenters. The van der Waals surface area contributed by atoms with Crippen LogP contribution in [0.3, 0.4) is 0 Å². The molecule has 3 fully saturated rings. The van der Waals surface area contributed by atoms with Gasteiger partial charge in [-0.3, -0.25) is 19.7 Å². The Hall–Kier alpha value is -5.03. The molecule has 3 N–H and O–H groups in total. The molecule has 7 rings (SSSR count). The van der Waals surface area contributed by atoms with Crippen LogP contribution in [0.1, 0.15) is 64.2 Å². The maximum Gasteiger partial charge on any atom is 0.408 e. The Bertz CT molecular complexity index is 1840. The van der Waals surface area contributed by atoms with Crippen LogP contribution in [0.15, 0.2) is 53.9 Å². The number of para-hydroxylation sites is 2. The normalized spacial score (nSPS) is 27.6. The van der Waals surface area contributed by atoms with Crippen molar-refractivity contribution in [3.05, 3.63) is 53.9 Å². The number of aromatic nitrogens is 2. The first kappa shape index (κ1) is 33.5. The van der Waals surface area contributed by atoms with Gasteiger partial charge in [0.25, 0.3) is 5.91 Å². The monoisotopic (exact) mass is 697 g/mol. The Morgan fingerprint density at radius 3 is 2.58 bits per heavy atom. The van der Waals surface area contributed by atoms with Gasteiger partial charge in [-0.2, -0.15) is 5.26 Å². The molecular weight excluding hydrogens is 659 g/mol. The molecule has 4 heterocycles. The second-order valence-corrected chi connectivity index (χ2v) is 14.3. The van der Waals surface area contributed by atoms with Gasteiger partial charge in [-0.15, -0.1) is 11.3 Å². The largest absolute Gasteiger partial charge is 0.471 e. The van der Waals surface area contributed by atoms with Gasteiger partial charge < -0.3 is 25.0 Å². The number of fused-ring (bicyclic) bond motifs is 3. The second kappa shape index (κ2) is 14.4. The topological polar surface area (TPSA) is 176 Å². The number of amides is 4. The van der Waals surface area contributed by atoms with E-state index in [1.807, 2.05) is 53.9 Å². The Morgan fingerprint density at radius 2 is 1.84 bits per heavy atom. The highest BCUT2D eigenvalue weighted by molar-refractivity contribution is 7.13. The van der Waals surface area contributed by atoms with Crippen molar-refractivity contribution in [2.75, 3.05) is 6.54 Å². The number of nitrogens with one attached hydrogen (secondary N) is 3. The van der Waals surface area contributed by atoms with Gasteiger partial charge in [-0.1, -0.05) is 43.2 Å². The summed E-state index contributed by atoms with van der Waals surface area (Å²) < 4.78 is 12.1. The fourth-order valence-electron chi connectivity index (χ4n) is 6.94. The summed E-state index contributed by atoms with van der Waals surface area (Å²) in [6.45, 7) is 0.0336. The van der Waals surface area contributed by atoms with E-state index in [1.165, 1.54) is 16.2 Å². The molecule has 2 aromatic heterocycles. The molecule has 2 aliphatic heterocycles. The first-order chi connectivity index (χ1) is 24.3. The van der Waals surface area contributed by atoms with Crippen molar-refractivity contribution in [2.45, 2.75) is 94.0 Å². The van der Waals surface area contributed by atoms with Crippen molar-refractivity contribution < 1.29 is 28.7 Å². The highest BCUT2D eigenvalue weighted by atomic mass is 32.1. The average Bonchev–Trinajstić information content (AvgIpc) is 3.40. The fraction of sp³-hybridized carbons (Fsp3) is 0.472. The molecule has 4 amide bonds. The molecule has 2 saturated carbocycles. The molecule has 260 valence electrons. The number of thiophene rings is 1. The first-order valence-corrected chi connectivity index (χ1v) is 18.2. The molecule has 3 aromatic rings. The van der Waals surface area contributed by atoms with Crippen LogP contribution in [0.25, 0.3) is 21.6 Å². The molecule has 0 radical (unpaired) electrons. The summed E-state index contributed by atoms with van der Waals surface area (Å²) in [5.74, 6) is -1.58. The van der Waals surface area contributed by atoms with Crippen LogP contribution in [0, 0.1) is 17.4 Å². The standard InChI is InChI=1S/C36H39N7O6S/c37-21-38-34(46)36-19-22(36)10-4-2-1-3-5-15-27(41-35(47)49-23-11-8-12-23)33(45)43-20-24(18-28(43)31(44)42-36)48-32-30(29-16-9-17-50-29)39-25-13-6-7-14-26(25)40-32/h4,6-7,9-10,13-14,16-17,22-24,27-28H,1-3,5,8,11-12,15,18-20H2,(H,38,46)(H,41,47)(H,42,44)/b10-4+/t22?,24-,27-,28+,36-/m1/s1. The molecule has 0 bridgehead atoms. The fourth-order valence-corrected chi connectivity index (χ4v) is 7.65. The molecule has 13 nitrogen and oxygen atoms in total. The number of hydrogen-bond donors (Lipinski definition) is 3. The number of alkyl carbamates (subject to hydrolysis) is 1. The van der Waals surface area contributed by atoms with E-state index in [2.05, 4.69) is 16.0 Å². The van der Waals surface area contributed by atoms with E-state index >= 15 is 0 Å². The second-order valence-electron chi connectivity index (χ2n) is 13.4. The molecule has 1 aromatic carbocycles. The lowest BCUT2D eigenvalue weighted by molar-refractivity contribution is -0.141. The lowest BCUT2D eigenvalue weighted by Gasteiger charge is -2.30. The third-order valence-corrected chi connectivity index (χ3v) is 10.9. The number of ether oxygens (including phenoxy) is 2. The van der Waals surface area contributed by atoms with Gasteiger partial charge in [0.1, 0.15) is 35.5 Å². The number of rotatable bonds is 6. The maximum absolute atomic E-state index is 14.4. The predicted octanol–water partition coefficient (Wildman–Crippen LogP) is 4.35. The van der Waals surface area contributed by atoms with Crippen LogP contribution in [0.2, 0.25) is 0 Å². The summed E-state index contributed by atoms with van der Waals surface area (Å²) in [4.78, 5) is 66.6. The zero-order valence-corrected chi connectivity index (χ0v) is 28.3. The van der Waals surface area contributed by atoms with Gasteiger partial charge in [-0.25, -0.2) is 14.8 Å². The van der Waals surface area contributed by atoms with Gasteiger partial charge in [0.15, 0.2) is 6.19 Å². The summed E-state index contributed by atoms with van der Waals surface area (Å²) in [5.41, 5.74) is 0.583. The quantitative estimate of drug-likeness (QED) is 0.192. The average molecular weight is 698 g/mol. The first-order valence-electron chi connectivity index (χ1n) is 17.3. The molecule has 50 heavy (non-hydrogen) atoms. The van der Waals surface area contributed by atoms with E-state index in [1.54, 1.807) is 6.19 Å². The highest BCUT2D eigenvalue weighted by Gasteiger charge is 2.61. The number of benzene rings is 1. The van der Waals surface area contributed by atoms with Crippen LogP contribution >= 0.6 is 11.3 Å². The van der Waals surface area contributed by atoms with Crippen LogP contribution in [-0.4, -0.2) is 75.1 Å². The van der Waals surface area contributed by atoms with E-state index in [0.29, 0.717) is 36.0 Å². The minimum absolute atomic E-state index is 0.0336. The number of carbonyl (C=O) groups is 4. The van der Waals surface area contributed by atoms with Crippen LogP contribution in [0.4, 0.5) is 4.79 Å². The van der Waals surface area contributed by atoms with Gasteiger partial charge in [0.05, 0.1) is 22.5 Å². The summed E-state index contributed by atoms with van der Waals surface area (Å²) in [6.07, 6.45) is 10.6. The van der Waals surface area contributed by atoms with E-state index < -0.39 is 47.5 Å². The number of nitriles is 1. The molecule has 14 heteroatoms. The number of hydrogen-bond acceptors (Lipinski definition) is 10. The zero-order chi connectivity index (χ0) is 34.7. The third-order valence-electron chi connectivity index (χ3n) is 10.0. The Balaban J connectivity index is 1.20. The Labute approximate surface area is 293 Å². The van der Waals surface area contributed by atoms with E-state index in [9.17, 15) is 24.4 Å². The minimum atomic E-state index is -1.31. The van der Waals surface area contributed by atoms with Gasteiger partial charge in [0.2, 0.25) is 17.7 Å². The van der Waals surface area contributed by atoms with Gasteiger partial charge in [0, 0.05) is 12.3 Å². The van der Waals surface area contributed by atoms with Crippen molar-refractivity contribution in [2.24, 2.45) is 5.92 Å². The lowest BCUT2D eigenvalue weighted by Crippen LogP contribution is -2.57. The number of carbonyl (C=O) groups excluding carboxylic acids is 4. The van der Waals surface area contributed by atoms with Crippen LogP contribution in [-0.2, 0) is 19.1 Å². The van der Waals surface area contributed by atoms with Crippen molar-refractivity contribution in [3.8, 4) is 22.6 Å². The zero-order valence-electron chi connectivity index (χ0n) is 27.5. The highest BCUT2D eigenvalue weighted by Crippen LogP contribution is 2.45. The smallest absolute Gasteiger partial charge is 0.408 e. The summed E-state index contributed by atoms with van der Waals surface area (Å²) in [5, 5.41) is 19.1. The summed E-state index contributed by atoms with van der Waals surface area (Å²) in [7, 11) is 0. The number of nitrogens with zero attached hydrogens (tertiary/aromatic N) is 4. The van der Waals surface area contributed by atoms with Crippen molar-refractivity contribution in [1.29, 1.82) is 5.26 Å². The van der Waals surface area contributed by atoms with Crippen LogP contribution in [0.5, 0.6) is 5.88 Å². The summed E-state index contributed by atoms with van der Waals surface area (Å²) >= 11 is 1.49. The van der Waals surface area contributed by atoms with E-state index in [-0.39, 0.29) is 30.9 Å². The number of allylic oxidation sites excluding steroid dienone is 1. The Kier molecular flexibility index (Phi) is 9.67. The molecule has 0 spiro atoms.